The highest BCUT2D eigenvalue weighted by molar-refractivity contribution is 5.85. The fourth-order valence-electron chi connectivity index (χ4n) is 1.44. The van der Waals surface area contributed by atoms with Crippen molar-refractivity contribution in [2.45, 2.75) is 26.4 Å². The van der Waals surface area contributed by atoms with E-state index in [-0.39, 0.29) is 0 Å². The van der Waals surface area contributed by atoms with Gasteiger partial charge in [-0.25, -0.2) is 9.18 Å². The average molecular weight is 252 g/mol. The minimum absolute atomic E-state index is 0.361. The molecule has 0 aliphatic rings. The summed E-state index contributed by atoms with van der Waals surface area (Å²) in [5.74, 6) is -1.45. The van der Waals surface area contributed by atoms with Crippen molar-refractivity contribution in [1.82, 2.24) is 0 Å². The van der Waals surface area contributed by atoms with E-state index in [4.69, 9.17) is 9.84 Å². The number of unbranched alkanes of at least 4 members (excludes halogenated alkanes) is 1. The number of carboxylic acids is 1. The van der Waals surface area contributed by atoms with Crippen LogP contribution in [0.3, 0.4) is 0 Å². The second-order valence-corrected chi connectivity index (χ2v) is 3.92. The summed E-state index contributed by atoms with van der Waals surface area (Å²) in [6.45, 7) is 3.08. The summed E-state index contributed by atoms with van der Waals surface area (Å²) in [7, 11) is 0. The highest BCUT2D eigenvalue weighted by Crippen LogP contribution is 2.14. The molecule has 0 heterocycles. The zero-order valence-corrected chi connectivity index (χ0v) is 10.4. The van der Waals surface area contributed by atoms with Gasteiger partial charge in [0.1, 0.15) is 5.82 Å². The summed E-state index contributed by atoms with van der Waals surface area (Å²) in [5, 5.41) is 8.57. The van der Waals surface area contributed by atoms with Crippen LogP contribution in [-0.4, -0.2) is 17.7 Å². The molecule has 0 saturated carbocycles. The lowest BCUT2D eigenvalue weighted by Crippen LogP contribution is -1.98. The Labute approximate surface area is 106 Å². The Morgan fingerprint density at radius 1 is 1.50 bits per heavy atom. The summed E-state index contributed by atoms with van der Waals surface area (Å²) in [4.78, 5) is 10.5. The molecule has 1 aromatic rings. The van der Waals surface area contributed by atoms with Crippen LogP contribution in [-0.2, 0) is 16.1 Å². The first-order valence-electron chi connectivity index (χ1n) is 5.90. The lowest BCUT2D eigenvalue weighted by atomic mass is 10.1. The van der Waals surface area contributed by atoms with E-state index in [0.29, 0.717) is 18.8 Å². The summed E-state index contributed by atoms with van der Waals surface area (Å²) < 4.78 is 18.5. The molecule has 1 rings (SSSR count). The predicted octanol–water partition coefficient (Wildman–Crippen LogP) is 3.24. The molecule has 0 bridgehead atoms. The SMILES string of the molecule is CCCCOCc1ccc(F)cc1C=CC(=O)O. The van der Waals surface area contributed by atoms with Gasteiger partial charge in [-0.3, -0.25) is 0 Å². The van der Waals surface area contributed by atoms with Crippen LogP contribution in [0.1, 0.15) is 30.9 Å². The molecular weight excluding hydrogens is 235 g/mol. The molecule has 0 aliphatic heterocycles. The quantitative estimate of drug-likeness (QED) is 0.598. The van der Waals surface area contributed by atoms with Gasteiger partial charge in [0.25, 0.3) is 0 Å². The molecule has 0 saturated heterocycles. The fraction of sp³-hybridized carbons (Fsp3) is 0.357. The van der Waals surface area contributed by atoms with Gasteiger partial charge in [-0.2, -0.15) is 0 Å². The Morgan fingerprint density at radius 3 is 2.94 bits per heavy atom. The molecule has 0 atom stereocenters. The van der Waals surface area contributed by atoms with Crippen molar-refractivity contribution in [2.75, 3.05) is 6.61 Å². The van der Waals surface area contributed by atoms with E-state index in [9.17, 15) is 9.18 Å². The minimum atomic E-state index is -1.06. The van der Waals surface area contributed by atoms with Crippen molar-refractivity contribution < 1.29 is 19.0 Å². The average Bonchev–Trinajstić information content (AvgIpc) is 2.34. The maximum atomic E-state index is 13.1. The molecule has 0 aromatic heterocycles. The second-order valence-electron chi connectivity index (χ2n) is 3.92. The predicted molar refractivity (Wildman–Crippen MR) is 67.6 cm³/mol. The molecular formula is C14H17FO3. The lowest BCUT2D eigenvalue weighted by molar-refractivity contribution is -0.131. The molecule has 0 aliphatic carbocycles. The normalized spacial score (nSPS) is 11.0. The topological polar surface area (TPSA) is 46.5 Å². The third kappa shape index (κ3) is 5.10. The third-order valence-corrected chi connectivity index (χ3v) is 2.41. The zero-order valence-electron chi connectivity index (χ0n) is 10.4. The molecule has 98 valence electrons. The largest absolute Gasteiger partial charge is 0.478 e. The molecule has 0 radical (unpaired) electrons. The van der Waals surface area contributed by atoms with E-state index in [1.807, 2.05) is 0 Å². The Balaban J connectivity index is 2.73. The number of benzene rings is 1. The van der Waals surface area contributed by atoms with E-state index in [2.05, 4.69) is 6.92 Å². The maximum Gasteiger partial charge on any atom is 0.328 e. The highest BCUT2D eigenvalue weighted by Gasteiger charge is 2.02. The molecule has 4 heteroatoms. The Bertz CT molecular complexity index is 427. The van der Waals surface area contributed by atoms with Crippen molar-refractivity contribution in [2.24, 2.45) is 0 Å². The number of hydrogen-bond acceptors (Lipinski definition) is 2. The van der Waals surface area contributed by atoms with Gasteiger partial charge in [-0.15, -0.1) is 0 Å². The van der Waals surface area contributed by atoms with E-state index < -0.39 is 11.8 Å². The summed E-state index contributed by atoms with van der Waals surface area (Å²) in [6.07, 6.45) is 4.39. The number of hydrogen-bond donors (Lipinski definition) is 1. The third-order valence-electron chi connectivity index (χ3n) is 2.41. The summed E-state index contributed by atoms with van der Waals surface area (Å²) in [5.41, 5.74) is 1.32. The van der Waals surface area contributed by atoms with Crippen LogP contribution in [0.15, 0.2) is 24.3 Å². The van der Waals surface area contributed by atoms with Crippen LogP contribution < -0.4 is 0 Å². The van der Waals surface area contributed by atoms with Gasteiger partial charge in [-0.1, -0.05) is 19.4 Å². The lowest BCUT2D eigenvalue weighted by Gasteiger charge is -2.07. The van der Waals surface area contributed by atoms with Crippen LogP contribution in [0, 0.1) is 5.82 Å². The molecule has 1 N–H and O–H groups in total. The first-order valence-corrected chi connectivity index (χ1v) is 5.90. The van der Waals surface area contributed by atoms with E-state index in [1.165, 1.54) is 18.2 Å². The smallest absolute Gasteiger partial charge is 0.328 e. The van der Waals surface area contributed by atoms with Gasteiger partial charge in [0.05, 0.1) is 6.61 Å². The number of rotatable bonds is 7. The van der Waals surface area contributed by atoms with Gasteiger partial charge in [0.2, 0.25) is 0 Å². The van der Waals surface area contributed by atoms with Gasteiger partial charge < -0.3 is 9.84 Å². The Kier molecular flexibility index (Phi) is 6.08. The van der Waals surface area contributed by atoms with Crippen LogP contribution in [0.4, 0.5) is 4.39 Å². The molecule has 18 heavy (non-hydrogen) atoms. The fourth-order valence-corrected chi connectivity index (χ4v) is 1.44. The number of carboxylic acid groups (broad SMARTS) is 1. The first kappa shape index (κ1) is 14.4. The number of ether oxygens (including phenoxy) is 1. The van der Waals surface area contributed by atoms with E-state index in [1.54, 1.807) is 6.07 Å². The van der Waals surface area contributed by atoms with E-state index in [0.717, 1.165) is 24.5 Å². The maximum absolute atomic E-state index is 13.1. The molecule has 3 nitrogen and oxygen atoms in total. The van der Waals surface area contributed by atoms with Gasteiger partial charge in [0.15, 0.2) is 0 Å². The van der Waals surface area contributed by atoms with Crippen LogP contribution in [0.2, 0.25) is 0 Å². The molecule has 0 fully saturated rings. The monoisotopic (exact) mass is 252 g/mol. The zero-order chi connectivity index (χ0) is 13.4. The summed E-state index contributed by atoms with van der Waals surface area (Å²) >= 11 is 0. The van der Waals surface area contributed by atoms with Crippen molar-refractivity contribution in [3.05, 3.63) is 41.2 Å². The standard InChI is InChI=1S/C14H17FO3/c1-2-3-8-18-10-12-4-6-13(15)9-11(12)5-7-14(16)17/h4-7,9H,2-3,8,10H2,1H3,(H,16,17). The number of carbonyl (C=O) groups is 1. The minimum Gasteiger partial charge on any atom is -0.478 e. The van der Waals surface area contributed by atoms with Crippen molar-refractivity contribution in [1.29, 1.82) is 0 Å². The Hall–Kier alpha value is -1.68. The van der Waals surface area contributed by atoms with Crippen LogP contribution in [0.5, 0.6) is 0 Å². The van der Waals surface area contributed by atoms with E-state index >= 15 is 0 Å². The second kappa shape index (κ2) is 7.61. The van der Waals surface area contributed by atoms with Crippen LogP contribution >= 0.6 is 0 Å². The van der Waals surface area contributed by atoms with Gasteiger partial charge >= 0.3 is 5.97 Å². The molecule has 0 unspecified atom stereocenters. The summed E-state index contributed by atoms with van der Waals surface area (Å²) in [6, 6.07) is 4.26. The van der Waals surface area contributed by atoms with Crippen molar-refractivity contribution in [3.63, 3.8) is 0 Å². The molecule has 0 spiro atoms. The molecule has 1 aromatic carbocycles. The Morgan fingerprint density at radius 2 is 2.28 bits per heavy atom. The van der Waals surface area contributed by atoms with Gasteiger partial charge in [-0.05, 0) is 35.8 Å². The van der Waals surface area contributed by atoms with Crippen LogP contribution in [0.25, 0.3) is 6.08 Å². The first-order chi connectivity index (χ1) is 8.63. The molecule has 0 amide bonds. The van der Waals surface area contributed by atoms with Crippen molar-refractivity contribution >= 4 is 12.0 Å². The number of aliphatic carboxylic acids is 1. The number of halogens is 1. The van der Waals surface area contributed by atoms with Gasteiger partial charge in [0, 0.05) is 12.7 Å². The highest BCUT2D eigenvalue weighted by atomic mass is 19.1. The van der Waals surface area contributed by atoms with Crippen molar-refractivity contribution in [3.8, 4) is 0 Å².